The summed E-state index contributed by atoms with van der Waals surface area (Å²) in [5.41, 5.74) is 9.76. The molecule has 3 N–H and O–H groups in total. The summed E-state index contributed by atoms with van der Waals surface area (Å²) in [5, 5.41) is 0. The van der Waals surface area contributed by atoms with E-state index in [1.165, 1.54) is 11.9 Å². The highest BCUT2D eigenvalue weighted by Gasteiger charge is 2.35. The lowest BCUT2D eigenvalue weighted by atomic mass is 9.82. The molecule has 1 aliphatic heterocycles. The summed E-state index contributed by atoms with van der Waals surface area (Å²) in [6, 6.07) is 18.0. The number of rotatable bonds is 8. The first-order valence-corrected chi connectivity index (χ1v) is 14.4. The number of phosphoric ester groups is 1. The normalized spacial score (nSPS) is 22.0. The van der Waals surface area contributed by atoms with E-state index in [1.807, 2.05) is 44.2 Å². The lowest BCUT2D eigenvalue weighted by molar-refractivity contribution is 0.0793. The molecule has 5 rings (SSSR count). The molecular formula is C28H33N4O5P. The van der Waals surface area contributed by atoms with Gasteiger partial charge in [-0.05, 0) is 63.0 Å². The number of nitrogen functional groups attached to an aromatic ring is 1. The quantitative estimate of drug-likeness (QED) is 0.348. The third-order valence-corrected chi connectivity index (χ3v) is 8.14. The highest BCUT2D eigenvalue weighted by Crippen LogP contribution is 2.48. The van der Waals surface area contributed by atoms with Gasteiger partial charge in [0.2, 0.25) is 5.88 Å². The number of phosphoric acid groups is 1. The SMILES string of the molecule is CC1(C)Oc2ncnc(N)c2N=C1c1ccc([C@H]2CC[C@H](OP(=O)(O)OCCc3ccccc3)CC2)cc1. The topological polar surface area (TPSA) is 129 Å². The van der Waals surface area contributed by atoms with Crippen LogP contribution in [0.4, 0.5) is 11.5 Å². The van der Waals surface area contributed by atoms with Gasteiger partial charge in [-0.1, -0.05) is 54.6 Å². The molecule has 2 heterocycles. The number of ether oxygens (including phenoxy) is 1. The maximum absolute atomic E-state index is 12.4. The molecule has 3 aromatic rings. The van der Waals surface area contributed by atoms with Crippen LogP contribution in [-0.4, -0.2) is 38.9 Å². The number of benzene rings is 2. The van der Waals surface area contributed by atoms with Crippen molar-refractivity contribution in [3.05, 3.63) is 77.6 Å². The van der Waals surface area contributed by atoms with Gasteiger partial charge >= 0.3 is 7.82 Å². The molecule has 1 atom stereocenters. The molecule has 1 unspecified atom stereocenters. The van der Waals surface area contributed by atoms with Crippen LogP contribution in [0.15, 0.2) is 65.9 Å². The standard InChI is InChI=1S/C28H33N4O5P/c1-28(2)25(32-24-26(29)30-18-31-27(24)36-28)22-10-8-20(9-11-22)21-12-14-23(15-13-21)37-38(33,34)35-17-16-19-6-4-3-5-7-19/h3-11,18,21,23H,12-17H2,1-2H3,(H,33,34)(H2,29,30,31)/t21-,23-. The summed E-state index contributed by atoms with van der Waals surface area (Å²) < 4.78 is 29.2. The van der Waals surface area contributed by atoms with E-state index in [9.17, 15) is 9.46 Å². The van der Waals surface area contributed by atoms with Gasteiger partial charge < -0.3 is 15.4 Å². The van der Waals surface area contributed by atoms with Crippen molar-refractivity contribution in [2.75, 3.05) is 12.3 Å². The van der Waals surface area contributed by atoms with Gasteiger partial charge in [0.25, 0.3) is 0 Å². The zero-order valence-corrected chi connectivity index (χ0v) is 22.5. The minimum atomic E-state index is -4.09. The summed E-state index contributed by atoms with van der Waals surface area (Å²) in [5.74, 6) is 1.02. The smallest absolute Gasteiger partial charge is 0.463 e. The Morgan fingerprint density at radius 2 is 1.76 bits per heavy atom. The molecule has 0 saturated heterocycles. The van der Waals surface area contributed by atoms with E-state index in [4.69, 9.17) is 24.5 Å². The minimum absolute atomic E-state index is 0.137. The minimum Gasteiger partial charge on any atom is -0.463 e. The third kappa shape index (κ3) is 6.13. The third-order valence-electron chi connectivity index (χ3n) is 7.06. The Balaban J connectivity index is 1.16. The number of hydrogen-bond acceptors (Lipinski definition) is 8. The molecule has 10 heteroatoms. The van der Waals surface area contributed by atoms with Crippen LogP contribution in [0.3, 0.4) is 0 Å². The Morgan fingerprint density at radius 1 is 1.05 bits per heavy atom. The lowest BCUT2D eigenvalue weighted by Crippen LogP contribution is -2.41. The van der Waals surface area contributed by atoms with Crippen LogP contribution in [-0.2, 0) is 20.0 Å². The molecule has 1 aromatic heterocycles. The van der Waals surface area contributed by atoms with E-state index in [-0.39, 0.29) is 18.5 Å². The van der Waals surface area contributed by atoms with Gasteiger partial charge in [0.05, 0.1) is 18.4 Å². The van der Waals surface area contributed by atoms with Crippen LogP contribution in [0.5, 0.6) is 5.88 Å². The summed E-state index contributed by atoms with van der Waals surface area (Å²) in [4.78, 5) is 23.1. The molecule has 1 aliphatic carbocycles. The van der Waals surface area contributed by atoms with E-state index in [2.05, 4.69) is 34.2 Å². The Labute approximate surface area is 222 Å². The molecule has 0 amide bonds. The van der Waals surface area contributed by atoms with Crippen molar-refractivity contribution in [2.24, 2.45) is 4.99 Å². The second-order valence-electron chi connectivity index (χ2n) is 10.2. The predicted molar refractivity (Wildman–Crippen MR) is 146 cm³/mol. The number of fused-ring (bicyclic) bond motifs is 1. The molecule has 38 heavy (non-hydrogen) atoms. The van der Waals surface area contributed by atoms with E-state index >= 15 is 0 Å². The first-order valence-electron chi connectivity index (χ1n) is 12.9. The zero-order chi connectivity index (χ0) is 26.8. The monoisotopic (exact) mass is 536 g/mol. The molecule has 1 fully saturated rings. The van der Waals surface area contributed by atoms with Crippen LogP contribution in [0.25, 0.3) is 0 Å². The summed E-state index contributed by atoms with van der Waals surface area (Å²) in [6.07, 6.45) is 4.76. The van der Waals surface area contributed by atoms with Crippen molar-refractivity contribution in [1.82, 2.24) is 9.97 Å². The molecule has 1 saturated carbocycles. The first kappa shape index (κ1) is 26.5. The van der Waals surface area contributed by atoms with Crippen LogP contribution in [0, 0.1) is 0 Å². The van der Waals surface area contributed by atoms with Gasteiger partial charge in [-0.15, -0.1) is 0 Å². The van der Waals surface area contributed by atoms with E-state index in [1.54, 1.807) is 0 Å². The number of nitrogens with zero attached hydrogens (tertiary/aromatic N) is 3. The second kappa shape index (κ2) is 10.9. The molecular weight excluding hydrogens is 503 g/mol. The van der Waals surface area contributed by atoms with E-state index < -0.39 is 13.4 Å². The highest BCUT2D eigenvalue weighted by atomic mass is 31.2. The fourth-order valence-corrected chi connectivity index (χ4v) is 6.03. The molecule has 0 bridgehead atoms. The summed E-state index contributed by atoms with van der Waals surface area (Å²) in [6.45, 7) is 4.04. The molecule has 200 valence electrons. The first-order chi connectivity index (χ1) is 18.2. The predicted octanol–water partition coefficient (Wildman–Crippen LogP) is 5.75. The average Bonchev–Trinajstić information content (AvgIpc) is 2.89. The van der Waals surface area contributed by atoms with Crippen LogP contribution in [0.2, 0.25) is 0 Å². The number of aromatic nitrogens is 2. The van der Waals surface area contributed by atoms with Crippen molar-refractivity contribution in [3.63, 3.8) is 0 Å². The number of aliphatic imine (C=N–C) groups is 1. The lowest BCUT2D eigenvalue weighted by Gasteiger charge is -2.32. The van der Waals surface area contributed by atoms with Crippen LogP contribution >= 0.6 is 7.82 Å². The Morgan fingerprint density at radius 3 is 2.47 bits per heavy atom. The van der Waals surface area contributed by atoms with Crippen molar-refractivity contribution < 1.29 is 23.2 Å². The van der Waals surface area contributed by atoms with E-state index in [0.717, 1.165) is 29.7 Å². The molecule has 2 aliphatic rings. The van der Waals surface area contributed by atoms with Gasteiger partial charge in [-0.2, -0.15) is 4.98 Å². The largest absolute Gasteiger partial charge is 0.472 e. The van der Waals surface area contributed by atoms with Crippen molar-refractivity contribution >= 4 is 25.0 Å². The average molecular weight is 537 g/mol. The molecule has 9 nitrogen and oxygen atoms in total. The molecule has 0 radical (unpaired) electrons. The highest BCUT2D eigenvalue weighted by molar-refractivity contribution is 7.47. The summed E-state index contributed by atoms with van der Waals surface area (Å²) >= 11 is 0. The number of nitrogens with two attached hydrogens (primary N) is 1. The molecule has 0 spiro atoms. The van der Waals surface area contributed by atoms with Gasteiger partial charge in [-0.3, -0.25) is 9.05 Å². The number of hydrogen-bond donors (Lipinski definition) is 2. The van der Waals surface area contributed by atoms with Crippen molar-refractivity contribution in [1.29, 1.82) is 0 Å². The van der Waals surface area contributed by atoms with Crippen molar-refractivity contribution in [2.45, 2.75) is 63.6 Å². The van der Waals surface area contributed by atoms with Crippen molar-refractivity contribution in [3.8, 4) is 5.88 Å². The van der Waals surface area contributed by atoms with Crippen LogP contribution < -0.4 is 10.5 Å². The maximum Gasteiger partial charge on any atom is 0.472 e. The number of anilines is 1. The fraction of sp³-hybridized carbons (Fsp3) is 0.393. The summed E-state index contributed by atoms with van der Waals surface area (Å²) in [7, 11) is -4.09. The fourth-order valence-electron chi connectivity index (χ4n) is 5.06. The van der Waals surface area contributed by atoms with Crippen LogP contribution in [0.1, 0.15) is 62.1 Å². The van der Waals surface area contributed by atoms with Gasteiger partial charge in [0.1, 0.15) is 11.9 Å². The van der Waals surface area contributed by atoms with E-state index in [0.29, 0.717) is 36.7 Å². The zero-order valence-electron chi connectivity index (χ0n) is 21.6. The van der Waals surface area contributed by atoms with Gasteiger partial charge in [-0.25, -0.2) is 14.5 Å². The Bertz CT molecular complexity index is 1340. The Hall–Kier alpha value is -3.10. The Kier molecular flexibility index (Phi) is 7.63. The molecule has 2 aromatic carbocycles. The maximum atomic E-state index is 12.4. The van der Waals surface area contributed by atoms with Gasteiger partial charge in [0, 0.05) is 5.56 Å². The second-order valence-corrected chi connectivity index (χ2v) is 11.6. The van der Waals surface area contributed by atoms with Gasteiger partial charge in [0.15, 0.2) is 11.5 Å².